The van der Waals surface area contributed by atoms with Crippen molar-refractivity contribution in [1.82, 2.24) is 9.78 Å². The van der Waals surface area contributed by atoms with Gasteiger partial charge in [-0.25, -0.2) is 9.48 Å². The fraction of sp³-hybridized carbons (Fsp3) is 0.214. The SMILES string of the molecule is CCOC(=O)c1cnn(-c2ccc(C#N)cc2OC)c1. The van der Waals surface area contributed by atoms with E-state index >= 15 is 0 Å². The topological polar surface area (TPSA) is 77.1 Å². The maximum Gasteiger partial charge on any atom is 0.341 e. The van der Waals surface area contributed by atoms with Crippen LogP contribution in [0.2, 0.25) is 0 Å². The van der Waals surface area contributed by atoms with Crippen LogP contribution in [0.1, 0.15) is 22.8 Å². The zero-order chi connectivity index (χ0) is 14.5. The van der Waals surface area contributed by atoms with Gasteiger partial charge >= 0.3 is 5.97 Å². The quantitative estimate of drug-likeness (QED) is 0.794. The Labute approximate surface area is 116 Å². The molecule has 2 aromatic rings. The minimum Gasteiger partial charge on any atom is -0.494 e. The van der Waals surface area contributed by atoms with Crippen molar-refractivity contribution in [2.45, 2.75) is 6.92 Å². The molecule has 0 fully saturated rings. The van der Waals surface area contributed by atoms with Gasteiger partial charge < -0.3 is 9.47 Å². The van der Waals surface area contributed by atoms with Crippen LogP contribution in [0.5, 0.6) is 5.75 Å². The van der Waals surface area contributed by atoms with Crippen LogP contribution in [0.3, 0.4) is 0 Å². The Morgan fingerprint density at radius 2 is 2.30 bits per heavy atom. The third-order valence-electron chi connectivity index (χ3n) is 2.65. The fourth-order valence-corrected chi connectivity index (χ4v) is 1.71. The second-order valence-electron chi connectivity index (χ2n) is 3.89. The van der Waals surface area contributed by atoms with Gasteiger partial charge in [0.15, 0.2) is 0 Å². The van der Waals surface area contributed by atoms with Gasteiger partial charge in [-0.15, -0.1) is 0 Å². The summed E-state index contributed by atoms with van der Waals surface area (Å²) in [6, 6.07) is 7.01. The lowest BCUT2D eigenvalue weighted by Crippen LogP contribution is -2.03. The standard InChI is InChI=1S/C14H13N3O3/c1-3-20-14(18)11-8-16-17(9-11)12-5-4-10(7-15)6-13(12)19-2/h4-6,8-9H,3H2,1-2H3. The molecule has 1 aromatic carbocycles. The monoisotopic (exact) mass is 271 g/mol. The molecule has 0 aliphatic rings. The van der Waals surface area contributed by atoms with E-state index in [-0.39, 0.29) is 0 Å². The molecule has 0 bridgehead atoms. The molecule has 0 aliphatic heterocycles. The third-order valence-corrected chi connectivity index (χ3v) is 2.65. The molecule has 0 radical (unpaired) electrons. The van der Waals surface area contributed by atoms with E-state index in [1.54, 1.807) is 31.3 Å². The molecule has 0 saturated carbocycles. The molecular weight excluding hydrogens is 258 g/mol. The highest BCUT2D eigenvalue weighted by atomic mass is 16.5. The highest BCUT2D eigenvalue weighted by Gasteiger charge is 2.13. The van der Waals surface area contributed by atoms with Crippen molar-refractivity contribution in [2.75, 3.05) is 13.7 Å². The molecule has 0 N–H and O–H groups in total. The van der Waals surface area contributed by atoms with Gasteiger partial charge in [-0.1, -0.05) is 0 Å². The van der Waals surface area contributed by atoms with Crippen LogP contribution in [-0.4, -0.2) is 29.5 Å². The minimum atomic E-state index is -0.425. The zero-order valence-corrected chi connectivity index (χ0v) is 11.2. The number of ether oxygens (including phenoxy) is 2. The molecule has 1 aromatic heterocycles. The van der Waals surface area contributed by atoms with Gasteiger partial charge in [-0.05, 0) is 19.1 Å². The number of methoxy groups -OCH3 is 1. The number of benzene rings is 1. The highest BCUT2D eigenvalue weighted by Crippen LogP contribution is 2.23. The molecule has 1 heterocycles. The molecule has 0 spiro atoms. The van der Waals surface area contributed by atoms with E-state index in [0.29, 0.717) is 29.2 Å². The summed E-state index contributed by atoms with van der Waals surface area (Å²) in [6.07, 6.45) is 2.98. The van der Waals surface area contributed by atoms with Crippen LogP contribution >= 0.6 is 0 Å². The molecule has 102 valence electrons. The summed E-state index contributed by atoms with van der Waals surface area (Å²) in [5.41, 5.74) is 1.49. The van der Waals surface area contributed by atoms with E-state index in [0.717, 1.165) is 0 Å². The van der Waals surface area contributed by atoms with Crippen molar-refractivity contribution >= 4 is 5.97 Å². The van der Waals surface area contributed by atoms with Gasteiger partial charge in [-0.3, -0.25) is 0 Å². The molecule has 0 saturated heterocycles. The fourth-order valence-electron chi connectivity index (χ4n) is 1.71. The average Bonchev–Trinajstić information content (AvgIpc) is 2.96. The molecule has 0 atom stereocenters. The van der Waals surface area contributed by atoms with E-state index in [1.165, 1.54) is 18.0 Å². The number of aromatic nitrogens is 2. The van der Waals surface area contributed by atoms with Gasteiger partial charge in [0.25, 0.3) is 0 Å². The van der Waals surface area contributed by atoms with Crippen LogP contribution in [0.25, 0.3) is 5.69 Å². The Kier molecular flexibility index (Phi) is 4.01. The molecule has 0 aliphatic carbocycles. The maximum absolute atomic E-state index is 11.6. The van der Waals surface area contributed by atoms with E-state index in [1.807, 2.05) is 6.07 Å². The predicted molar refractivity (Wildman–Crippen MR) is 70.8 cm³/mol. The van der Waals surface area contributed by atoms with Crippen molar-refractivity contribution in [2.24, 2.45) is 0 Å². The van der Waals surface area contributed by atoms with E-state index in [9.17, 15) is 4.79 Å². The Morgan fingerprint density at radius 1 is 1.50 bits per heavy atom. The van der Waals surface area contributed by atoms with Crippen LogP contribution in [-0.2, 0) is 4.74 Å². The number of carbonyl (C=O) groups is 1. The van der Waals surface area contributed by atoms with E-state index in [2.05, 4.69) is 5.10 Å². The Morgan fingerprint density at radius 3 is 2.95 bits per heavy atom. The molecule has 0 amide bonds. The van der Waals surface area contributed by atoms with Crippen LogP contribution < -0.4 is 4.74 Å². The van der Waals surface area contributed by atoms with Crippen LogP contribution in [0.15, 0.2) is 30.6 Å². The summed E-state index contributed by atoms with van der Waals surface area (Å²) in [6.45, 7) is 2.05. The van der Waals surface area contributed by atoms with Crippen LogP contribution in [0.4, 0.5) is 0 Å². The normalized spacial score (nSPS) is 9.85. The number of esters is 1. The van der Waals surface area contributed by atoms with Gasteiger partial charge in [0, 0.05) is 12.3 Å². The van der Waals surface area contributed by atoms with E-state index < -0.39 is 5.97 Å². The Bertz CT molecular complexity index is 671. The maximum atomic E-state index is 11.6. The third kappa shape index (κ3) is 2.62. The smallest absolute Gasteiger partial charge is 0.341 e. The predicted octanol–water partition coefficient (Wildman–Crippen LogP) is 1.93. The first-order valence-corrected chi connectivity index (χ1v) is 6.00. The first kappa shape index (κ1) is 13.6. The van der Waals surface area contributed by atoms with E-state index in [4.69, 9.17) is 14.7 Å². The first-order valence-electron chi connectivity index (χ1n) is 6.00. The Hall–Kier alpha value is -2.81. The minimum absolute atomic E-state index is 0.310. The summed E-state index contributed by atoms with van der Waals surface area (Å²) in [4.78, 5) is 11.6. The van der Waals surface area contributed by atoms with Gasteiger partial charge in [0.05, 0.1) is 37.1 Å². The average molecular weight is 271 g/mol. The number of hydrogen-bond donors (Lipinski definition) is 0. The summed E-state index contributed by atoms with van der Waals surface area (Å²) < 4.78 is 11.6. The molecule has 2 rings (SSSR count). The number of carbonyl (C=O) groups excluding carboxylic acids is 1. The second-order valence-corrected chi connectivity index (χ2v) is 3.89. The summed E-state index contributed by atoms with van der Waals surface area (Å²) in [7, 11) is 1.51. The lowest BCUT2D eigenvalue weighted by molar-refractivity contribution is 0.0526. The van der Waals surface area contributed by atoms with Crippen molar-refractivity contribution in [3.05, 3.63) is 41.7 Å². The Balaban J connectivity index is 2.37. The highest BCUT2D eigenvalue weighted by molar-refractivity contribution is 5.88. The number of nitriles is 1. The second kappa shape index (κ2) is 5.89. The molecule has 6 heteroatoms. The molecule has 20 heavy (non-hydrogen) atoms. The van der Waals surface area contributed by atoms with Gasteiger partial charge in [-0.2, -0.15) is 10.4 Å². The lowest BCUT2D eigenvalue weighted by Gasteiger charge is -2.08. The largest absolute Gasteiger partial charge is 0.494 e. The molecule has 0 unspecified atom stereocenters. The van der Waals surface area contributed by atoms with Gasteiger partial charge in [0.1, 0.15) is 11.4 Å². The summed E-state index contributed by atoms with van der Waals surface area (Å²) >= 11 is 0. The lowest BCUT2D eigenvalue weighted by atomic mass is 10.2. The summed E-state index contributed by atoms with van der Waals surface area (Å²) in [5, 5.41) is 13.0. The van der Waals surface area contributed by atoms with Crippen molar-refractivity contribution in [1.29, 1.82) is 5.26 Å². The first-order chi connectivity index (χ1) is 9.69. The van der Waals surface area contributed by atoms with Crippen molar-refractivity contribution < 1.29 is 14.3 Å². The number of nitrogens with zero attached hydrogens (tertiary/aromatic N) is 3. The summed E-state index contributed by atoms with van der Waals surface area (Å²) in [5.74, 6) is 0.0777. The van der Waals surface area contributed by atoms with Crippen LogP contribution in [0, 0.1) is 11.3 Å². The number of rotatable bonds is 4. The van der Waals surface area contributed by atoms with Crippen molar-refractivity contribution in [3.8, 4) is 17.5 Å². The zero-order valence-electron chi connectivity index (χ0n) is 11.2. The number of hydrogen-bond acceptors (Lipinski definition) is 5. The van der Waals surface area contributed by atoms with Gasteiger partial charge in [0.2, 0.25) is 0 Å². The van der Waals surface area contributed by atoms with Crippen molar-refractivity contribution in [3.63, 3.8) is 0 Å². The molecular formula is C14H13N3O3. The molecule has 6 nitrogen and oxygen atoms in total.